The number of carbonyl (C=O) groups excluding carboxylic acids is 3. The minimum Gasteiger partial charge on any atom is -0.405 e. The molecule has 1 aromatic heterocycles. The summed E-state index contributed by atoms with van der Waals surface area (Å²) in [6.45, 7) is 0.656. The molecule has 2 aromatic rings. The Balaban J connectivity index is 1.43. The molecule has 134 valence electrons. The summed E-state index contributed by atoms with van der Waals surface area (Å²) >= 11 is 0. The van der Waals surface area contributed by atoms with E-state index in [1.54, 1.807) is 12.1 Å². The van der Waals surface area contributed by atoms with Gasteiger partial charge in [0.1, 0.15) is 6.10 Å². The van der Waals surface area contributed by atoms with E-state index in [0.717, 1.165) is 17.7 Å². The van der Waals surface area contributed by atoms with Gasteiger partial charge in [-0.15, -0.1) is 5.10 Å². The normalized spacial score (nSPS) is 20.0. The van der Waals surface area contributed by atoms with Crippen LogP contribution >= 0.6 is 0 Å². The lowest BCUT2D eigenvalue weighted by Gasteiger charge is -2.13. The summed E-state index contributed by atoms with van der Waals surface area (Å²) in [7, 11) is 0. The van der Waals surface area contributed by atoms with Crippen LogP contribution in [0, 0.1) is 0 Å². The summed E-state index contributed by atoms with van der Waals surface area (Å²) in [5, 5.41) is 10.2. The van der Waals surface area contributed by atoms with Gasteiger partial charge in [-0.1, -0.05) is 5.10 Å². The molecule has 26 heavy (non-hydrogen) atoms. The standard InChI is InChI=1S/C17H16N4O5/c22-13-7-8-14(23)21(13)11-5-3-10(4-6-11)15(24)18-17-20-19-16(26-17)12-2-1-9-25-12/h3-6,12H,1-2,7-9H2,(H,18,20,24). The summed E-state index contributed by atoms with van der Waals surface area (Å²) in [6.07, 6.45) is 1.95. The highest BCUT2D eigenvalue weighted by molar-refractivity contribution is 6.19. The van der Waals surface area contributed by atoms with Gasteiger partial charge >= 0.3 is 6.01 Å². The molecule has 3 heterocycles. The summed E-state index contributed by atoms with van der Waals surface area (Å²) in [4.78, 5) is 36.9. The van der Waals surface area contributed by atoms with Gasteiger partial charge in [0, 0.05) is 25.0 Å². The van der Waals surface area contributed by atoms with E-state index in [2.05, 4.69) is 15.5 Å². The van der Waals surface area contributed by atoms with Crippen molar-refractivity contribution in [2.45, 2.75) is 31.8 Å². The largest absolute Gasteiger partial charge is 0.405 e. The Morgan fingerprint density at radius 3 is 2.50 bits per heavy atom. The zero-order chi connectivity index (χ0) is 18.1. The third-order valence-electron chi connectivity index (χ3n) is 4.31. The van der Waals surface area contributed by atoms with Crippen molar-refractivity contribution in [3.05, 3.63) is 35.7 Å². The second-order valence-electron chi connectivity index (χ2n) is 6.07. The zero-order valence-corrected chi connectivity index (χ0v) is 13.8. The number of imide groups is 1. The smallest absolute Gasteiger partial charge is 0.322 e. The summed E-state index contributed by atoms with van der Waals surface area (Å²) in [6, 6.07) is 6.17. The molecule has 0 radical (unpaired) electrons. The molecule has 2 aliphatic rings. The minimum atomic E-state index is -0.432. The molecule has 0 saturated carbocycles. The van der Waals surface area contributed by atoms with Gasteiger partial charge in [-0.3, -0.25) is 24.6 Å². The number of benzene rings is 1. The number of nitrogens with zero attached hydrogens (tertiary/aromatic N) is 3. The molecule has 2 aliphatic heterocycles. The van der Waals surface area contributed by atoms with E-state index in [4.69, 9.17) is 9.15 Å². The van der Waals surface area contributed by atoms with Gasteiger partial charge in [-0.2, -0.15) is 0 Å². The van der Waals surface area contributed by atoms with Crippen molar-refractivity contribution in [2.24, 2.45) is 0 Å². The fraction of sp³-hybridized carbons (Fsp3) is 0.353. The van der Waals surface area contributed by atoms with Crippen molar-refractivity contribution in [1.82, 2.24) is 10.2 Å². The molecular weight excluding hydrogens is 340 g/mol. The summed E-state index contributed by atoms with van der Waals surface area (Å²) in [5.41, 5.74) is 0.789. The van der Waals surface area contributed by atoms with Gasteiger partial charge < -0.3 is 9.15 Å². The van der Waals surface area contributed by atoms with Crippen LogP contribution in [0.4, 0.5) is 11.7 Å². The van der Waals surface area contributed by atoms with Crippen molar-refractivity contribution in [1.29, 1.82) is 0 Å². The predicted octanol–water partition coefficient (Wildman–Crippen LogP) is 1.83. The van der Waals surface area contributed by atoms with E-state index in [1.165, 1.54) is 12.1 Å². The highest BCUT2D eigenvalue weighted by atomic mass is 16.5. The van der Waals surface area contributed by atoms with E-state index < -0.39 is 5.91 Å². The first-order valence-electron chi connectivity index (χ1n) is 8.34. The number of nitrogens with one attached hydrogen (secondary N) is 1. The molecular formula is C17H16N4O5. The van der Waals surface area contributed by atoms with Crippen LogP contribution in [0.2, 0.25) is 0 Å². The third kappa shape index (κ3) is 3.08. The molecule has 1 aromatic carbocycles. The first-order chi connectivity index (χ1) is 12.6. The molecule has 3 amide bonds. The number of rotatable bonds is 4. The Morgan fingerprint density at radius 2 is 1.85 bits per heavy atom. The maximum absolute atomic E-state index is 12.3. The molecule has 9 heteroatoms. The van der Waals surface area contributed by atoms with E-state index in [0.29, 0.717) is 23.7 Å². The van der Waals surface area contributed by atoms with Crippen LogP contribution in [0.3, 0.4) is 0 Å². The number of hydrogen-bond donors (Lipinski definition) is 1. The molecule has 4 rings (SSSR count). The highest BCUT2D eigenvalue weighted by Crippen LogP contribution is 2.28. The first-order valence-corrected chi connectivity index (χ1v) is 8.34. The quantitative estimate of drug-likeness (QED) is 0.831. The zero-order valence-electron chi connectivity index (χ0n) is 13.8. The molecule has 1 N–H and O–H groups in total. The molecule has 1 unspecified atom stereocenters. The first kappa shape index (κ1) is 16.4. The van der Waals surface area contributed by atoms with E-state index >= 15 is 0 Å². The Hall–Kier alpha value is -3.07. The number of hydrogen-bond acceptors (Lipinski definition) is 7. The Labute approximate surface area is 148 Å². The average Bonchev–Trinajstić information content (AvgIpc) is 3.37. The van der Waals surface area contributed by atoms with Crippen molar-refractivity contribution in [3.63, 3.8) is 0 Å². The van der Waals surface area contributed by atoms with Gasteiger partial charge in [0.15, 0.2) is 0 Å². The summed E-state index contributed by atoms with van der Waals surface area (Å²) < 4.78 is 10.9. The van der Waals surface area contributed by atoms with Crippen LogP contribution in [-0.4, -0.2) is 34.5 Å². The van der Waals surface area contributed by atoms with Gasteiger partial charge in [0.2, 0.25) is 17.7 Å². The SMILES string of the molecule is O=C(Nc1nnc(C2CCCO2)o1)c1ccc(N2C(=O)CCC2=O)cc1. The van der Waals surface area contributed by atoms with Gasteiger partial charge in [0.25, 0.3) is 5.91 Å². The third-order valence-corrected chi connectivity index (χ3v) is 4.31. The average molecular weight is 356 g/mol. The van der Waals surface area contributed by atoms with Gasteiger partial charge in [-0.05, 0) is 37.1 Å². The number of carbonyl (C=O) groups is 3. The lowest BCUT2D eigenvalue weighted by molar-refractivity contribution is -0.121. The van der Waals surface area contributed by atoms with Gasteiger partial charge in [0.05, 0.1) is 5.69 Å². The molecule has 0 bridgehead atoms. The van der Waals surface area contributed by atoms with E-state index in [9.17, 15) is 14.4 Å². The van der Waals surface area contributed by atoms with E-state index in [1.807, 2.05) is 0 Å². The van der Waals surface area contributed by atoms with Crippen LogP contribution in [-0.2, 0) is 14.3 Å². The number of amides is 3. The van der Waals surface area contributed by atoms with Crippen molar-refractivity contribution in [2.75, 3.05) is 16.8 Å². The molecule has 9 nitrogen and oxygen atoms in total. The van der Waals surface area contributed by atoms with E-state index in [-0.39, 0.29) is 36.8 Å². The maximum Gasteiger partial charge on any atom is 0.322 e. The monoisotopic (exact) mass is 356 g/mol. The summed E-state index contributed by atoms with van der Waals surface area (Å²) in [5.74, 6) is -0.559. The molecule has 2 saturated heterocycles. The number of aromatic nitrogens is 2. The Bertz CT molecular complexity index is 838. The van der Waals surface area contributed by atoms with Crippen LogP contribution < -0.4 is 10.2 Å². The Kier molecular flexibility index (Phi) is 4.21. The fourth-order valence-corrected chi connectivity index (χ4v) is 2.98. The predicted molar refractivity (Wildman–Crippen MR) is 88.3 cm³/mol. The minimum absolute atomic E-state index is 0.00512. The molecule has 1 atom stereocenters. The Morgan fingerprint density at radius 1 is 1.12 bits per heavy atom. The van der Waals surface area contributed by atoms with Crippen molar-refractivity contribution in [3.8, 4) is 0 Å². The topological polar surface area (TPSA) is 115 Å². The highest BCUT2D eigenvalue weighted by Gasteiger charge is 2.30. The lowest BCUT2D eigenvalue weighted by Crippen LogP contribution is -2.28. The molecule has 0 aliphatic carbocycles. The van der Waals surface area contributed by atoms with Crippen LogP contribution in [0.5, 0.6) is 0 Å². The fourth-order valence-electron chi connectivity index (χ4n) is 2.98. The number of anilines is 2. The second-order valence-corrected chi connectivity index (χ2v) is 6.07. The lowest BCUT2D eigenvalue weighted by atomic mass is 10.2. The molecule has 0 spiro atoms. The maximum atomic E-state index is 12.3. The van der Waals surface area contributed by atoms with Crippen LogP contribution in [0.15, 0.2) is 28.7 Å². The van der Waals surface area contributed by atoms with Crippen molar-refractivity contribution >= 4 is 29.4 Å². The molecule has 2 fully saturated rings. The second kappa shape index (κ2) is 6.68. The van der Waals surface area contributed by atoms with Crippen molar-refractivity contribution < 1.29 is 23.5 Å². The van der Waals surface area contributed by atoms with Gasteiger partial charge in [-0.25, -0.2) is 0 Å². The van der Waals surface area contributed by atoms with Crippen LogP contribution in [0.25, 0.3) is 0 Å². The van der Waals surface area contributed by atoms with Crippen LogP contribution in [0.1, 0.15) is 48.0 Å². The number of ether oxygens (including phenoxy) is 1.